The van der Waals surface area contributed by atoms with Crippen LogP contribution in [-0.2, 0) is 22.7 Å². The van der Waals surface area contributed by atoms with Crippen LogP contribution in [0.5, 0.6) is 0 Å². The van der Waals surface area contributed by atoms with Crippen molar-refractivity contribution in [3.05, 3.63) is 17.7 Å². The fourth-order valence-corrected chi connectivity index (χ4v) is 4.39. The molecule has 0 bridgehead atoms. The maximum absolute atomic E-state index is 12.6. The molecule has 1 aromatic heterocycles. The van der Waals surface area contributed by atoms with Gasteiger partial charge in [-0.25, -0.2) is 4.98 Å². The third kappa shape index (κ3) is 4.84. The van der Waals surface area contributed by atoms with E-state index in [0.29, 0.717) is 24.3 Å². The van der Waals surface area contributed by atoms with E-state index in [4.69, 9.17) is 4.74 Å². The Balaban J connectivity index is 1.47. The number of likely N-dealkylation sites (tertiary alicyclic amines) is 1. The van der Waals surface area contributed by atoms with E-state index in [2.05, 4.69) is 21.4 Å². The lowest BCUT2D eigenvalue weighted by molar-refractivity contribution is -0.133. The second-order valence-corrected chi connectivity index (χ2v) is 7.89. The van der Waals surface area contributed by atoms with Gasteiger partial charge in [-0.15, -0.1) is 0 Å². The van der Waals surface area contributed by atoms with Gasteiger partial charge in [-0.3, -0.25) is 4.79 Å². The first-order valence-electron chi connectivity index (χ1n) is 9.95. The number of rotatable bonds is 6. The van der Waals surface area contributed by atoms with Gasteiger partial charge in [0.05, 0.1) is 0 Å². The second-order valence-electron chi connectivity index (χ2n) is 7.89. The molecule has 0 aromatic carbocycles. The van der Waals surface area contributed by atoms with Gasteiger partial charge in [0.1, 0.15) is 12.4 Å². The van der Waals surface area contributed by atoms with Gasteiger partial charge in [0.25, 0.3) is 0 Å². The molecule has 0 unspecified atom stereocenters. The van der Waals surface area contributed by atoms with Crippen molar-refractivity contribution in [2.24, 2.45) is 11.8 Å². The Morgan fingerprint density at radius 2 is 1.88 bits per heavy atom. The van der Waals surface area contributed by atoms with Crippen molar-refractivity contribution in [2.45, 2.75) is 71.4 Å². The predicted octanol–water partition coefficient (Wildman–Crippen LogP) is 3.55. The number of hydrogen-bond donors (Lipinski definition) is 0. The molecule has 1 saturated heterocycles. The Labute approximate surface area is 151 Å². The third-order valence-corrected chi connectivity index (χ3v) is 6.01. The minimum atomic E-state index is 0.393. The Kier molecular flexibility index (Phi) is 6.51. The number of imidazole rings is 1. The number of methoxy groups -OCH3 is 1. The highest BCUT2D eigenvalue weighted by atomic mass is 16.5. The Bertz CT molecular complexity index is 555. The summed E-state index contributed by atoms with van der Waals surface area (Å²) in [6, 6.07) is 0. The zero-order valence-corrected chi connectivity index (χ0v) is 15.9. The molecule has 0 N–H and O–H groups in total. The molecule has 2 fully saturated rings. The largest absolute Gasteiger partial charge is 0.377 e. The molecule has 1 aliphatic heterocycles. The molecule has 5 nitrogen and oxygen atoms in total. The van der Waals surface area contributed by atoms with Crippen LogP contribution in [0.25, 0.3) is 0 Å². The van der Waals surface area contributed by atoms with Crippen LogP contribution in [-0.4, -0.2) is 40.6 Å². The summed E-state index contributed by atoms with van der Waals surface area (Å²) in [7, 11) is 1.71. The maximum Gasteiger partial charge on any atom is 0.222 e. The van der Waals surface area contributed by atoms with E-state index < -0.39 is 0 Å². The minimum absolute atomic E-state index is 0.393. The van der Waals surface area contributed by atoms with Crippen molar-refractivity contribution in [3.8, 4) is 0 Å². The van der Waals surface area contributed by atoms with Crippen LogP contribution in [0.1, 0.15) is 62.9 Å². The fourth-order valence-electron chi connectivity index (χ4n) is 4.39. The van der Waals surface area contributed by atoms with Crippen LogP contribution < -0.4 is 0 Å². The van der Waals surface area contributed by atoms with Crippen molar-refractivity contribution in [1.29, 1.82) is 0 Å². The highest BCUT2D eigenvalue weighted by Gasteiger charge is 2.26. The summed E-state index contributed by atoms with van der Waals surface area (Å²) >= 11 is 0. The lowest BCUT2D eigenvalue weighted by Gasteiger charge is -2.34. The minimum Gasteiger partial charge on any atom is -0.377 e. The highest BCUT2D eigenvalue weighted by molar-refractivity contribution is 5.76. The molecule has 2 aliphatic rings. The molecule has 1 aliphatic carbocycles. The molecule has 1 saturated carbocycles. The normalized spacial score (nSPS) is 20.2. The molecule has 0 radical (unpaired) electrons. The summed E-state index contributed by atoms with van der Waals surface area (Å²) in [6.07, 6.45) is 11.4. The zero-order chi connectivity index (χ0) is 17.6. The Hall–Kier alpha value is -1.36. The van der Waals surface area contributed by atoms with Gasteiger partial charge in [0.2, 0.25) is 5.91 Å². The monoisotopic (exact) mass is 347 g/mol. The SMILES string of the molecule is COCc1ncc(C)n1CC1CCN(C(=O)CC2CCCCC2)CC1. The van der Waals surface area contributed by atoms with Crippen molar-refractivity contribution >= 4 is 5.91 Å². The van der Waals surface area contributed by atoms with Crippen LogP contribution in [0.4, 0.5) is 0 Å². The molecule has 3 rings (SSSR count). The molecule has 1 aromatic rings. The second kappa shape index (κ2) is 8.84. The van der Waals surface area contributed by atoms with E-state index >= 15 is 0 Å². The first-order chi connectivity index (χ1) is 12.2. The first kappa shape index (κ1) is 18.4. The van der Waals surface area contributed by atoms with E-state index in [-0.39, 0.29) is 0 Å². The molecular weight excluding hydrogens is 314 g/mol. The van der Waals surface area contributed by atoms with Crippen LogP contribution in [0.3, 0.4) is 0 Å². The van der Waals surface area contributed by atoms with Crippen molar-refractivity contribution in [1.82, 2.24) is 14.5 Å². The van der Waals surface area contributed by atoms with E-state index in [1.54, 1.807) is 7.11 Å². The van der Waals surface area contributed by atoms with Crippen LogP contribution >= 0.6 is 0 Å². The van der Waals surface area contributed by atoms with Gasteiger partial charge < -0.3 is 14.2 Å². The first-order valence-corrected chi connectivity index (χ1v) is 9.95. The Morgan fingerprint density at radius 3 is 2.56 bits per heavy atom. The molecule has 140 valence electrons. The molecule has 1 amide bonds. The van der Waals surface area contributed by atoms with Gasteiger partial charge in [0, 0.05) is 45.1 Å². The van der Waals surface area contributed by atoms with Crippen molar-refractivity contribution in [2.75, 3.05) is 20.2 Å². The number of piperidine rings is 1. The summed E-state index contributed by atoms with van der Waals surface area (Å²) in [5.74, 6) is 2.67. The molecule has 2 heterocycles. The summed E-state index contributed by atoms with van der Waals surface area (Å²) in [5.41, 5.74) is 1.20. The quantitative estimate of drug-likeness (QED) is 0.791. The molecule has 0 atom stereocenters. The van der Waals surface area contributed by atoms with Crippen LogP contribution in [0, 0.1) is 18.8 Å². The average molecular weight is 348 g/mol. The Morgan fingerprint density at radius 1 is 1.16 bits per heavy atom. The highest BCUT2D eigenvalue weighted by Crippen LogP contribution is 2.28. The standard InChI is InChI=1S/C20H33N3O2/c1-16-13-21-19(15-25-2)23(16)14-18-8-10-22(11-9-18)20(24)12-17-6-4-3-5-7-17/h13,17-18H,3-12,14-15H2,1-2H3. The smallest absolute Gasteiger partial charge is 0.222 e. The van der Waals surface area contributed by atoms with Crippen molar-refractivity contribution in [3.63, 3.8) is 0 Å². The number of ether oxygens (including phenoxy) is 1. The number of amides is 1. The molecule has 5 heteroatoms. The topological polar surface area (TPSA) is 47.4 Å². The van der Waals surface area contributed by atoms with Gasteiger partial charge >= 0.3 is 0 Å². The average Bonchev–Trinajstić information content (AvgIpc) is 2.97. The van der Waals surface area contributed by atoms with Gasteiger partial charge in [-0.1, -0.05) is 19.3 Å². The number of hydrogen-bond acceptors (Lipinski definition) is 3. The van der Waals surface area contributed by atoms with Crippen LogP contribution in [0.15, 0.2) is 6.20 Å². The molecule has 0 spiro atoms. The van der Waals surface area contributed by atoms with E-state index in [0.717, 1.165) is 44.7 Å². The maximum atomic E-state index is 12.6. The lowest BCUT2D eigenvalue weighted by Crippen LogP contribution is -2.40. The predicted molar refractivity (Wildman–Crippen MR) is 98.2 cm³/mol. The fraction of sp³-hybridized carbons (Fsp3) is 0.800. The van der Waals surface area contributed by atoms with Gasteiger partial charge in [0.15, 0.2) is 0 Å². The van der Waals surface area contributed by atoms with E-state index in [9.17, 15) is 4.79 Å². The van der Waals surface area contributed by atoms with Gasteiger partial charge in [-0.05, 0) is 44.4 Å². The number of carbonyl (C=O) groups is 1. The zero-order valence-electron chi connectivity index (χ0n) is 15.9. The number of nitrogens with zero attached hydrogens (tertiary/aromatic N) is 3. The number of aryl methyl sites for hydroxylation is 1. The molecular formula is C20H33N3O2. The summed E-state index contributed by atoms with van der Waals surface area (Å²) in [4.78, 5) is 19.1. The van der Waals surface area contributed by atoms with E-state index in [1.165, 1.54) is 37.8 Å². The lowest BCUT2D eigenvalue weighted by atomic mass is 9.86. The number of carbonyl (C=O) groups excluding carboxylic acids is 1. The third-order valence-electron chi connectivity index (χ3n) is 6.01. The number of aromatic nitrogens is 2. The van der Waals surface area contributed by atoms with Crippen LogP contribution in [0.2, 0.25) is 0 Å². The summed E-state index contributed by atoms with van der Waals surface area (Å²) in [6.45, 7) is 5.50. The molecule has 25 heavy (non-hydrogen) atoms. The van der Waals surface area contributed by atoms with Crippen molar-refractivity contribution < 1.29 is 9.53 Å². The van der Waals surface area contributed by atoms with E-state index in [1.807, 2.05) is 6.20 Å². The summed E-state index contributed by atoms with van der Waals surface area (Å²) in [5, 5.41) is 0. The summed E-state index contributed by atoms with van der Waals surface area (Å²) < 4.78 is 7.54. The van der Waals surface area contributed by atoms with Gasteiger partial charge in [-0.2, -0.15) is 0 Å².